The number of cyclic esters (lactones) is 1. The number of alkyl carbamates (subject to hydrolysis) is 1. The van der Waals surface area contributed by atoms with E-state index < -0.39 is 102 Å². The van der Waals surface area contributed by atoms with E-state index in [0.717, 1.165) is 50.8 Å². The molecule has 37 nitrogen and oxygen atoms in total. The Morgan fingerprint density at radius 3 is 1.99 bits per heavy atom. The van der Waals surface area contributed by atoms with Crippen molar-refractivity contribution in [3.05, 3.63) is 113 Å². The lowest BCUT2D eigenvalue weighted by atomic mass is 9.78. The maximum absolute atomic E-state index is 14.8. The Hall–Kier alpha value is -9.26. The molecule has 8 N–H and O–H groups in total. The number of aliphatic hydroxyl groups excluding tert-OH is 1. The Kier molecular flexibility index (Phi) is 46.5. The number of benzene rings is 1. The number of aliphatic hydroxyl groups is 2. The molecule has 10 rings (SSSR count). The number of nitrogens with two attached hydrogens (primary N) is 1. The molecule has 37 heteroatoms. The van der Waals surface area contributed by atoms with Crippen LogP contribution in [0, 0.1) is 35.5 Å². The van der Waals surface area contributed by atoms with Crippen molar-refractivity contribution in [2.75, 3.05) is 185 Å². The number of amides is 4. The second kappa shape index (κ2) is 58.1. The molecule has 3 fully saturated rings. The van der Waals surface area contributed by atoms with E-state index in [0.29, 0.717) is 213 Å². The predicted molar refractivity (Wildman–Crippen MR) is 506 cm³/mol. The molecular formula is C100H148N11O26+. The van der Waals surface area contributed by atoms with Crippen molar-refractivity contribution >= 4 is 75.0 Å². The number of rotatable bonds is 46. The van der Waals surface area contributed by atoms with Gasteiger partial charge >= 0.3 is 17.7 Å². The minimum atomic E-state index is -2.49. The summed E-state index contributed by atoms with van der Waals surface area (Å²) in [5.41, 5.74) is 14.2. The smallest absolute Gasteiger partial charge is 0.407 e. The number of nitrogen functional groups attached to an aromatic ring is 1. The number of hydrogen-bond donors (Lipinski definition) is 7. The van der Waals surface area contributed by atoms with Crippen LogP contribution in [-0.2, 0) is 129 Å². The molecule has 0 radical (unpaired) electrons. The molecular weight excluding hydrogens is 1770 g/mol. The number of ketones is 3. The highest BCUT2D eigenvalue weighted by Gasteiger charge is 2.53. The number of pyridine rings is 1. The van der Waals surface area contributed by atoms with E-state index >= 15 is 0 Å². The van der Waals surface area contributed by atoms with Crippen LogP contribution in [0.5, 0.6) is 0 Å². The summed E-state index contributed by atoms with van der Waals surface area (Å²) >= 11 is 0. The third-order valence-corrected chi connectivity index (χ3v) is 26.0. The van der Waals surface area contributed by atoms with Crippen molar-refractivity contribution in [2.45, 2.75) is 212 Å². The normalized spacial score (nSPS) is 25.8. The van der Waals surface area contributed by atoms with E-state index in [1.54, 1.807) is 60.5 Å². The average Bonchev–Trinajstić information content (AvgIpc) is 1.61. The van der Waals surface area contributed by atoms with Crippen LogP contribution in [0.25, 0.3) is 33.3 Å². The molecule has 5 aliphatic rings. The number of methoxy groups -OCH3 is 3. The van der Waals surface area contributed by atoms with Gasteiger partial charge in [-0.15, -0.1) is 0 Å². The molecule has 1 saturated carbocycles. The summed E-state index contributed by atoms with van der Waals surface area (Å²) in [6, 6.07) is 9.18. The maximum Gasteiger partial charge on any atom is 0.407 e. The number of carbonyl (C=O) groups is 8. The number of esters is 1. The number of Topliss-reactive ketones (excluding diaryl/α,β-unsaturated/α-hetero) is 3. The summed E-state index contributed by atoms with van der Waals surface area (Å²) in [6.45, 7) is 21.7. The van der Waals surface area contributed by atoms with Crippen molar-refractivity contribution in [2.24, 2.45) is 35.5 Å². The van der Waals surface area contributed by atoms with Gasteiger partial charge in [-0.1, -0.05) is 94.3 Å². The SMILES string of the molecule is CO[C@H]1C[C@@H]2CC[C@@H](C)[C@@](O)(O2)C(=O)C(=O)N2CCCC[C@H]2C(=O)O[C@H]([C@H](C)C[C@@H]2CC[C@@H](OC(=O)NCCOCCOCCOCCOCCOCCC(=O)NCCOCCOCCOCCOCCOCCC(=O)N3CCc4cc(C[n+]5cnc(N)c6c(-c7cnc8[nH]ccc8c7)[nH]nc65)ccc4C3)[C@H](OC)C2)CC(=O)[C@H](C)/C=C(\C)[C@@H](O)[C@@H](OC)C(=O)[C@H](C)C[C@H](C)/C=C/C=C/C=C/1C. The van der Waals surface area contributed by atoms with Crippen molar-refractivity contribution in [3.8, 4) is 11.3 Å². The molecule has 0 spiro atoms. The third-order valence-electron chi connectivity index (χ3n) is 26.0. The topological polar surface area (TPSA) is 455 Å². The van der Waals surface area contributed by atoms with E-state index in [4.69, 9.17) is 81.5 Å². The number of allylic oxidation sites excluding steroid dienone is 6. The molecule has 1 aromatic carbocycles. The highest BCUT2D eigenvalue weighted by molar-refractivity contribution is 6.39. The fourth-order valence-corrected chi connectivity index (χ4v) is 18.0. The highest BCUT2D eigenvalue weighted by Crippen LogP contribution is 2.40. The van der Waals surface area contributed by atoms with Crippen LogP contribution in [0.4, 0.5) is 10.6 Å². The van der Waals surface area contributed by atoms with Crippen LogP contribution in [0.3, 0.4) is 0 Å². The van der Waals surface area contributed by atoms with Gasteiger partial charge in [0, 0.05) is 114 Å². The van der Waals surface area contributed by atoms with Crippen LogP contribution >= 0.6 is 0 Å². The van der Waals surface area contributed by atoms with Crippen molar-refractivity contribution in [3.63, 3.8) is 0 Å². The molecule has 137 heavy (non-hydrogen) atoms. The van der Waals surface area contributed by atoms with Crippen molar-refractivity contribution in [1.82, 2.24) is 45.6 Å². The summed E-state index contributed by atoms with van der Waals surface area (Å²) in [5, 5.41) is 38.9. The van der Waals surface area contributed by atoms with Gasteiger partial charge in [0.15, 0.2) is 5.78 Å². The highest BCUT2D eigenvalue weighted by atomic mass is 16.6. The number of piperidine rings is 1. The Balaban J connectivity index is 0.509. The molecule has 758 valence electrons. The second-order valence-electron chi connectivity index (χ2n) is 36.2. The van der Waals surface area contributed by atoms with Crippen LogP contribution in [0.2, 0.25) is 0 Å². The Morgan fingerprint density at radius 1 is 0.686 bits per heavy atom. The first-order valence-electron chi connectivity index (χ1n) is 48.6. The number of ether oxygens (including phenoxy) is 16. The molecule has 2 bridgehead atoms. The Labute approximate surface area is 803 Å². The van der Waals surface area contributed by atoms with E-state index in [9.17, 15) is 48.6 Å². The summed E-state index contributed by atoms with van der Waals surface area (Å²) in [4.78, 5) is 126. The van der Waals surface area contributed by atoms with E-state index in [1.807, 2.05) is 78.9 Å². The van der Waals surface area contributed by atoms with Gasteiger partial charge in [0.1, 0.15) is 47.3 Å². The molecule has 0 unspecified atom stereocenters. The van der Waals surface area contributed by atoms with Crippen LogP contribution in [0.1, 0.15) is 155 Å². The van der Waals surface area contributed by atoms with Crippen molar-refractivity contribution in [1.29, 1.82) is 0 Å². The summed E-state index contributed by atoms with van der Waals surface area (Å²) in [5.74, 6) is -8.41. The molecule has 2 saturated heterocycles. The summed E-state index contributed by atoms with van der Waals surface area (Å²) < 4.78 is 94.0. The second-order valence-corrected chi connectivity index (χ2v) is 36.2. The average molecular weight is 1920 g/mol. The number of hydrogen-bond acceptors (Lipinski definition) is 30. The minimum absolute atomic E-state index is 0.0215. The number of H-pyrrole nitrogens is 2. The zero-order valence-electron chi connectivity index (χ0n) is 81.6. The standard InChI is InChI=1S/C100H147N11O26/c1-66-16-12-11-13-17-67(2)83(122-8)60-79-23-19-72(7)100(121,137-79)93(117)97(118)111-32-15-14-18-80(111)98(119)135-84(61-81(112)68(3)55-71(6)91(116)92(124-10)90(115)70(5)54-66)69(4)56-73-21-24-82(85(58-73)123-9)136-99(120)104-31-37-128-41-45-132-49-53-133-50-46-129-42-38-125-34-27-86(113)102-30-36-127-40-44-131-48-52-134-51-47-130-43-39-126-35-28-87(114)109-33-26-75-57-74(20-22-77(75)64-109)63-110-65-106-94(101)88-89(107-108-96(88)110)78-59-76-25-29-103-95(76)105-62-78/h11-13,16-17,20,22,25,29,55,57,59,62,65-66,68-70,72-73,79-80,82-85,91-92,116,121H,14-15,18-19,21,23-24,26-28,30-54,56,58,60-61,63-64H2,1-10H3,(H5,101,102,103,104,105,107,108,113,117,118,120)/p+1/b13-11+,16-12+,67-17+,71-55+/t66-,68-,69-,70-,72-,73+,79+,80+,82-,83+,84+,85-,91-,92+,100-/m1/s1. The van der Waals surface area contributed by atoms with Crippen LogP contribution < -0.4 is 20.9 Å². The number of anilines is 1. The molecule has 8 heterocycles. The van der Waals surface area contributed by atoms with Gasteiger partial charge in [-0.3, -0.25) is 28.8 Å². The van der Waals surface area contributed by atoms with Gasteiger partial charge in [-0.25, -0.2) is 24.2 Å². The minimum Gasteiger partial charge on any atom is -0.460 e. The van der Waals surface area contributed by atoms with E-state index in [2.05, 4.69) is 54.0 Å². The molecule has 4 aromatic heterocycles. The zero-order chi connectivity index (χ0) is 98.0. The van der Waals surface area contributed by atoms with Crippen molar-refractivity contribution < 1.29 is 129 Å². The maximum atomic E-state index is 14.8. The molecule has 15 atom stereocenters. The van der Waals surface area contributed by atoms with E-state index in [1.165, 1.54) is 17.6 Å². The predicted octanol–water partition coefficient (Wildman–Crippen LogP) is 8.29. The van der Waals surface area contributed by atoms with Gasteiger partial charge in [-0.05, 0) is 147 Å². The van der Waals surface area contributed by atoms with Gasteiger partial charge < -0.3 is 117 Å². The lowest BCUT2D eigenvalue weighted by Crippen LogP contribution is -2.61. The first kappa shape index (κ1) is 110. The van der Waals surface area contributed by atoms with Gasteiger partial charge in [0.25, 0.3) is 11.7 Å². The fourth-order valence-electron chi connectivity index (χ4n) is 18.0. The molecule has 5 aromatic rings. The number of aromatic nitrogens is 6. The lowest BCUT2D eigenvalue weighted by Gasteiger charge is -2.42. The Bertz CT molecular complexity index is 4750. The lowest BCUT2D eigenvalue weighted by molar-refractivity contribution is -0.667. The number of aromatic amines is 2. The van der Waals surface area contributed by atoms with Crippen LogP contribution in [-0.4, -0.2) is 326 Å². The zero-order valence-corrected chi connectivity index (χ0v) is 81.6. The quantitative estimate of drug-likeness (QED) is 0.00633. The first-order chi connectivity index (χ1) is 66.3. The first-order valence-corrected chi connectivity index (χ1v) is 48.6. The number of carbonyl (C=O) groups excluding carboxylic acids is 8. The molecule has 4 amide bonds. The van der Waals surface area contributed by atoms with Gasteiger partial charge in [0.2, 0.25) is 29.7 Å². The van der Waals surface area contributed by atoms with E-state index in [-0.39, 0.29) is 100 Å². The molecule has 1 aliphatic carbocycles. The number of nitrogens with zero attached hydrogens (tertiary/aromatic N) is 6. The fraction of sp³-hybridized carbons (Fsp3) is 0.660. The molecule has 4 aliphatic heterocycles. The number of fused-ring (bicyclic) bond motifs is 6. The van der Waals surface area contributed by atoms with Gasteiger partial charge in [0.05, 0.1) is 169 Å². The summed E-state index contributed by atoms with van der Waals surface area (Å²) in [6.07, 6.45) is 15.8. The monoisotopic (exact) mass is 1920 g/mol. The van der Waals surface area contributed by atoms with Crippen LogP contribution in [0.15, 0.2) is 96.7 Å². The van der Waals surface area contributed by atoms with Gasteiger partial charge in [-0.2, -0.15) is 0 Å². The Morgan fingerprint density at radius 2 is 1.34 bits per heavy atom. The third kappa shape index (κ3) is 34.3. The largest absolute Gasteiger partial charge is 0.460 e. The summed E-state index contributed by atoms with van der Waals surface area (Å²) in [7, 11) is 4.48. The number of nitrogens with one attached hydrogen (secondary N) is 4.